The van der Waals surface area contributed by atoms with Crippen LogP contribution in [0.15, 0.2) is 10.6 Å². The minimum absolute atomic E-state index is 0.189. The smallest absolute Gasteiger partial charge is 0.200 e. The average molecular weight is 328 g/mol. The monoisotopic (exact) mass is 327 g/mol. The molecule has 2 rings (SSSR count). The molecule has 0 unspecified atom stereocenters. The van der Waals surface area contributed by atoms with Crippen molar-refractivity contribution >= 4 is 15.9 Å². The Bertz CT molecular complexity index is 584. The van der Waals surface area contributed by atoms with Crippen LogP contribution >= 0.6 is 15.9 Å². The van der Waals surface area contributed by atoms with E-state index in [4.69, 9.17) is 0 Å². The van der Waals surface area contributed by atoms with Crippen molar-refractivity contribution in [2.45, 2.75) is 5.33 Å². The van der Waals surface area contributed by atoms with E-state index in [2.05, 4.69) is 25.6 Å². The van der Waals surface area contributed by atoms with Gasteiger partial charge in [0, 0.05) is 6.07 Å². The van der Waals surface area contributed by atoms with Gasteiger partial charge in [-0.25, -0.2) is 22.0 Å². The highest BCUT2D eigenvalue weighted by molar-refractivity contribution is 9.08. The van der Waals surface area contributed by atoms with Crippen LogP contribution in [0.25, 0.3) is 11.3 Å². The predicted octanol–water partition coefficient (Wildman–Crippen LogP) is 3.93. The molecule has 0 atom stereocenters. The third-order valence-corrected chi connectivity index (χ3v) is 2.71. The number of aromatic nitrogens is 1. The maximum atomic E-state index is 13.4. The van der Waals surface area contributed by atoms with Crippen LogP contribution in [0, 0.1) is 29.1 Å². The molecule has 0 saturated heterocycles. The molecule has 0 radical (unpaired) electrons. The lowest BCUT2D eigenvalue weighted by molar-refractivity contribution is 0.377. The third kappa shape index (κ3) is 1.90. The summed E-state index contributed by atoms with van der Waals surface area (Å²) in [4.78, 5) is 0. The molecule has 0 aliphatic rings. The first kappa shape index (κ1) is 13.0. The van der Waals surface area contributed by atoms with Crippen LogP contribution in [-0.4, -0.2) is 5.16 Å². The van der Waals surface area contributed by atoms with Crippen molar-refractivity contribution in [2.24, 2.45) is 0 Å². The minimum atomic E-state index is -2.21. The molecule has 0 amide bonds. The Kier molecular flexibility index (Phi) is 3.38. The molecule has 2 aromatic rings. The van der Waals surface area contributed by atoms with Gasteiger partial charge in [0.2, 0.25) is 5.82 Å². The zero-order chi connectivity index (χ0) is 13.4. The quantitative estimate of drug-likeness (QED) is 0.361. The van der Waals surface area contributed by atoms with E-state index in [-0.39, 0.29) is 11.1 Å². The number of hydrogen-bond acceptors (Lipinski definition) is 2. The molecule has 0 N–H and O–H groups in total. The number of alkyl halides is 1. The van der Waals surface area contributed by atoms with Gasteiger partial charge in [-0.15, -0.1) is 0 Å². The highest BCUT2D eigenvalue weighted by atomic mass is 79.9. The van der Waals surface area contributed by atoms with Gasteiger partial charge in [-0.1, -0.05) is 21.1 Å². The Labute approximate surface area is 106 Å². The van der Waals surface area contributed by atoms with E-state index in [1.165, 1.54) is 0 Å². The van der Waals surface area contributed by atoms with E-state index >= 15 is 0 Å². The zero-order valence-corrected chi connectivity index (χ0v) is 9.99. The van der Waals surface area contributed by atoms with Crippen molar-refractivity contribution in [1.82, 2.24) is 5.16 Å². The van der Waals surface area contributed by atoms with E-state index in [9.17, 15) is 22.0 Å². The first-order valence-corrected chi connectivity index (χ1v) is 5.62. The number of halogens is 6. The van der Waals surface area contributed by atoms with Gasteiger partial charge in [0.1, 0.15) is 11.5 Å². The lowest BCUT2D eigenvalue weighted by atomic mass is 10.1. The second kappa shape index (κ2) is 4.68. The summed E-state index contributed by atoms with van der Waals surface area (Å²) in [7, 11) is 0. The van der Waals surface area contributed by atoms with Crippen molar-refractivity contribution in [3.8, 4) is 11.3 Å². The predicted molar refractivity (Wildman–Crippen MR) is 54.4 cm³/mol. The summed E-state index contributed by atoms with van der Waals surface area (Å²) >= 11 is 2.99. The van der Waals surface area contributed by atoms with Crippen LogP contribution in [0.5, 0.6) is 0 Å². The van der Waals surface area contributed by atoms with Gasteiger partial charge >= 0.3 is 0 Å². The van der Waals surface area contributed by atoms with E-state index in [0.717, 1.165) is 6.07 Å². The van der Waals surface area contributed by atoms with Crippen LogP contribution in [0.2, 0.25) is 0 Å². The molecule has 0 spiro atoms. The molecule has 0 aliphatic heterocycles. The summed E-state index contributed by atoms with van der Waals surface area (Å²) in [6.45, 7) is 0. The lowest BCUT2D eigenvalue weighted by Crippen LogP contribution is -2.04. The molecular formula is C10H3BrF5NO. The van der Waals surface area contributed by atoms with Crippen LogP contribution < -0.4 is 0 Å². The fourth-order valence-electron chi connectivity index (χ4n) is 1.32. The second-order valence-electron chi connectivity index (χ2n) is 3.26. The van der Waals surface area contributed by atoms with E-state index < -0.39 is 40.3 Å². The van der Waals surface area contributed by atoms with Gasteiger partial charge in [-0.05, 0) is 0 Å². The lowest BCUT2D eigenvalue weighted by Gasteiger charge is -2.04. The van der Waals surface area contributed by atoms with Crippen LogP contribution in [0.1, 0.15) is 5.76 Å². The van der Waals surface area contributed by atoms with Crippen molar-refractivity contribution in [3.63, 3.8) is 0 Å². The SMILES string of the molecule is Fc1c(F)c(F)c(-c2cc(CBr)on2)c(F)c1F. The molecular weight excluding hydrogens is 325 g/mol. The maximum Gasteiger partial charge on any atom is 0.200 e. The number of hydrogen-bond donors (Lipinski definition) is 0. The van der Waals surface area contributed by atoms with Gasteiger partial charge in [0.25, 0.3) is 0 Å². The van der Waals surface area contributed by atoms with Crippen LogP contribution in [0.4, 0.5) is 22.0 Å². The van der Waals surface area contributed by atoms with Crippen molar-refractivity contribution in [1.29, 1.82) is 0 Å². The molecule has 2 nitrogen and oxygen atoms in total. The van der Waals surface area contributed by atoms with Crippen molar-refractivity contribution in [3.05, 3.63) is 40.9 Å². The number of rotatable bonds is 2. The molecule has 1 aromatic heterocycles. The molecule has 8 heteroatoms. The summed E-state index contributed by atoms with van der Waals surface area (Å²) in [5.74, 6) is -9.95. The Morgan fingerprint density at radius 1 is 0.944 bits per heavy atom. The minimum Gasteiger partial charge on any atom is -0.360 e. The first-order chi connectivity index (χ1) is 8.47. The van der Waals surface area contributed by atoms with Crippen molar-refractivity contribution in [2.75, 3.05) is 0 Å². The summed E-state index contributed by atoms with van der Waals surface area (Å²) in [5, 5.41) is 3.44. The Morgan fingerprint density at radius 3 is 1.89 bits per heavy atom. The van der Waals surface area contributed by atoms with E-state index in [1.807, 2.05) is 0 Å². The Morgan fingerprint density at radius 2 is 1.44 bits per heavy atom. The van der Waals surface area contributed by atoms with Crippen molar-refractivity contribution < 1.29 is 26.5 Å². The molecule has 0 bridgehead atoms. The maximum absolute atomic E-state index is 13.4. The Hall–Kier alpha value is -1.44. The summed E-state index contributed by atoms with van der Waals surface area (Å²) < 4.78 is 70.1. The molecule has 0 fully saturated rings. The highest BCUT2D eigenvalue weighted by Gasteiger charge is 2.28. The number of benzene rings is 1. The molecule has 0 saturated carbocycles. The van der Waals surface area contributed by atoms with Gasteiger partial charge in [0.15, 0.2) is 23.3 Å². The summed E-state index contributed by atoms with van der Waals surface area (Å²) in [5.41, 5.74) is -1.57. The Balaban J connectivity index is 2.71. The molecule has 0 aliphatic carbocycles. The number of nitrogens with zero attached hydrogens (tertiary/aromatic N) is 1. The summed E-state index contributed by atoms with van der Waals surface area (Å²) in [6, 6.07) is 1.08. The van der Waals surface area contributed by atoms with Gasteiger partial charge in [0.05, 0.1) is 10.9 Å². The van der Waals surface area contributed by atoms with E-state index in [0.29, 0.717) is 0 Å². The molecule has 1 aromatic carbocycles. The third-order valence-electron chi connectivity index (χ3n) is 2.16. The fourth-order valence-corrected chi connectivity index (χ4v) is 1.59. The molecule has 18 heavy (non-hydrogen) atoms. The van der Waals surface area contributed by atoms with Gasteiger partial charge in [-0.3, -0.25) is 0 Å². The zero-order valence-electron chi connectivity index (χ0n) is 8.41. The second-order valence-corrected chi connectivity index (χ2v) is 3.82. The average Bonchev–Trinajstić information content (AvgIpc) is 2.83. The standard InChI is InChI=1S/C10H3BrF5NO/c11-2-3-1-4(17-18-3)5-6(12)8(14)10(16)9(15)7(5)13/h1H,2H2. The first-order valence-electron chi connectivity index (χ1n) is 4.50. The fraction of sp³-hybridized carbons (Fsp3) is 0.100. The normalized spacial score (nSPS) is 11.0. The highest BCUT2D eigenvalue weighted by Crippen LogP contribution is 2.31. The van der Waals surface area contributed by atoms with Gasteiger partial charge < -0.3 is 4.52 Å². The molecule has 1 heterocycles. The topological polar surface area (TPSA) is 26.0 Å². The largest absolute Gasteiger partial charge is 0.360 e. The van der Waals surface area contributed by atoms with Crippen LogP contribution in [-0.2, 0) is 5.33 Å². The summed E-state index contributed by atoms with van der Waals surface area (Å²) in [6.07, 6.45) is 0. The van der Waals surface area contributed by atoms with Gasteiger partial charge in [-0.2, -0.15) is 0 Å². The molecule has 96 valence electrons. The van der Waals surface area contributed by atoms with Crippen LogP contribution in [0.3, 0.4) is 0 Å². The van der Waals surface area contributed by atoms with E-state index in [1.54, 1.807) is 0 Å².